The normalized spacial score (nSPS) is 22.8. The lowest BCUT2D eigenvalue weighted by Gasteiger charge is -2.39. The van der Waals surface area contributed by atoms with Gasteiger partial charge < -0.3 is 19.9 Å². The molecule has 0 aromatic heterocycles. The van der Waals surface area contributed by atoms with Crippen molar-refractivity contribution in [2.75, 3.05) is 32.8 Å². The molecule has 3 heterocycles. The lowest BCUT2D eigenvalue weighted by atomic mass is 9.87. The van der Waals surface area contributed by atoms with Crippen LogP contribution in [-0.4, -0.2) is 82.8 Å². The zero-order chi connectivity index (χ0) is 22.7. The molecule has 3 fully saturated rings. The second kappa shape index (κ2) is 9.18. The van der Waals surface area contributed by atoms with Gasteiger partial charge in [0, 0.05) is 32.6 Å². The van der Waals surface area contributed by atoms with Gasteiger partial charge in [-0.1, -0.05) is 25.1 Å². The van der Waals surface area contributed by atoms with Crippen LogP contribution in [0.1, 0.15) is 39.0 Å². The third-order valence-corrected chi connectivity index (χ3v) is 6.69. The summed E-state index contributed by atoms with van der Waals surface area (Å²) < 4.78 is 5.57. The third-order valence-electron chi connectivity index (χ3n) is 6.69. The molecule has 1 aromatic carbocycles. The largest absolute Gasteiger partial charge is 0.484 e. The van der Waals surface area contributed by atoms with Crippen molar-refractivity contribution in [2.24, 2.45) is 0 Å². The van der Waals surface area contributed by atoms with Crippen molar-refractivity contribution >= 4 is 23.8 Å². The van der Waals surface area contributed by atoms with E-state index >= 15 is 0 Å². The number of rotatable bonds is 5. The van der Waals surface area contributed by atoms with Crippen molar-refractivity contribution in [3.05, 3.63) is 30.3 Å². The summed E-state index contributed by atoms with van der Waals surface area (Å²) in [5.41, 5.74) is -0.940. The summed E-state index contributed by atoms with van der Waals surface area (Å²) >= 11 is 0. The number of hydrogen-bond donors (Lipinski definition) is 1. The molecule has 1 aromatic rings. The number of ether oxygens (including phenoxy) is 1. The second-order valence-corrected chi connectivity index (χ2v) is 8.66. The van der Waals surface area contributed by atoms with Crippen molar-refractivity contribution in [2.45, 2.75) is 50.6 Å². The number of likely N-dealkylation sites (tertiary alicyclic amines) is 2. The Labute approximate surface area is 187 Å². The second-order valence-electron chi connectivity index (χ2n) is 8.66. The molecular weight excluding hydrogens is 412 g/mol. The van der Waals surface area contributed by atoms with E-state index in [9.17, 15) is 19.2 Å². The molecule has 4 rings (SSSR count). The predicted molar refractivity (Wildman–Crippen MR) is 116 cm³/mol. The summed E-state index contributed by atoms with van der Waals surface area (Å²) in [4.78, 5) is 55.5. The van der Waals surface area contributed by atoms with Crippen LogP contribution >= 0.6 is 0 Å². The van der Waals surface area contributed by atoms with Crippen molar-refractivity contribution in [3.8, 4) is 5.75 Å². The Morgan fingerprint density at radius 2 is 1.78 bits per heavy atom. The molecule has 1 spiro atoms. The van der Waals surface area contributed by atoms with Crippen molar-refractivity contribution in [3.63, 3.8) is 0 Å². The minimum atomic E-state index is -0.940. The highest BCUT2D eigenvalue weighted by atomic mass is 16.5. The highest BCUT2D eigenvalue weighted by Crippen LogP contribution is 2.32. The van der Waals surface area contributed by atoms with Crippen LogP contribution in [0.2, 0.25) is 0 Å². The molecule has 1 unspecified atom stereocenters. The number of piperidine rings is 2. The highest BCUT2D eigenvalue weighted by Gasteiger charge is 2.54. The molecule has 0 bridgehead atoms. The highest BCUT2D eigenvalue weighted by molar-refractivity contribution is 6.07. The summed E-state index contributed by atoms with van der Waals surface area (Å²) in [5.74, 6) is 0.295. The first-order valence-electron chi connectivity index (χ1n) is 11.3. The summed E-state index contributed by atoms with van der Waals surface area (Å²) in [6.45, 7) is 3.54. The summed E-state index contributed by atoms with van der Waals surface area (Å²) in [7, 11) is 0. The van der Waals surface area contributed by atoms with Crippen LogP contribution in [-0.2, 0) is 14.4 Å². The van der Waals surface area contributed by atoms with Gasteiger partial charge >= 0.3 is 6.03 Å². The summed E-state index contributed by atoms with van der Waals surface area (Å²) in [6, 6.07) is 8.38. The van der Waals surface area contributed by atoms with Crippen molar-refractivity contribution < 1.29 is 23.9 Å². The van der Waals surface area contributed by atoms with E-state index in [4.69, 9.17) is 4.74 Å². The van der Waals surface area contributed by atoms with Gasteiger partial charge in [-0.05, 0) is 37.8 Å². The smallest absolute Gasteiger partial charge is 0.325 e. The fourth-order valence-corrected chi connectivity index (χ4v) is 4.82. The molecule has 0 saturated carbocycles. The number of urea groups is 1. The number of carbonyl (C=O) groups excluding carboxylic acids is 4. The van der Waals surface area contributed by atoms with Crippen molar-refractivity contribution in [1.29, 1.82) is 0 Å². The molecule has 3 saturated heterocycles. The van der Waals surface area contributed by atoms with E-state index in [-0.39, 0.29) is 30.4 Å². The summed E-state index contributed by atoms with van der Waals surface area (Å²) in [5, 5.41) is 2.91. The maximum atomic E-state index is 13.3. The van der Waals surface area contributed by atoms with Gasteiger partial charge in [0.1, 0.15) is 11.3 Å². The number of hydrogen-bond acceptors (Lipinski definition) is 5. The molecule has 172 valence electrons. The first kappa shape index (κ1) is 22.1. The monoisotopic (exact) mass is 442 g/mol. The maximum absolute atomic E-state index is 13.3. The van der Waals surface area contributed by atoms with Gasteiger partial charge in [-0.15, -0.1) is 0 Å². The molecule has 9 nitrogen and oxygen atoms in total. The molecule has 3 aliphatic rings. The van der Waals surface area contributed by atoms with Crippen LogP contribution < -0.4 is 10.1 Å². The molecule has 0 radical (unpaired) electrons. The lowest BCUT2D eigenvalue weighted by molar-refractivity contribution is -0.141. The quantitative estimate of drug-likeness (QED) is 0.695. The predicted octanol–water partition coefficient (Wildman–Crippen LogP) is 1.38. The van der Waals surface area contributed by atoms with Crippen LogP contribution in [0.3, 0.4) is 0 Å². The number of carbonyl (C=O) groups is 4. The molecule has 1 N–H and O–H groups in total. The first-order valence-corrected chi connectivity index (χ1v) is 11.3. The molecule has 9 heteroatoms. The summed E-state index contributed by atoms with van der Waals surface area (Å²) in [6.07, 6.45) is 2.64. The van der Waals surface area contributed by atoms with Gasteiger partial charge in [-0.3, -0.25) is 19.3 Å². The average Bonchev–Trinajstić information content (AvgIpc) is 3.07. The standard InChI is InChI=1S/C23H30N4O5/c1-2-19(28)25-13-10-23(11-14-25)21(30)27(22(31)24-23)17-7-6-12-26(15-17)20(29)16-32-18-8-4-3-5-9-18/h3-5,8-9,17H,2,6-7,10-16H2,1H3,(H,24,31). The van der Waals surface area contributed by atoms with Crippen LogP contribution in [0.4, 0.5) is 4.79 Å². The molecule has 1 atom stereocenters. The Morgan fingerprint density at radius 3 is 2.47 bits per heavy atom. The van der Waals surface area contributed by atoms with Crippen LogP contribution in [0.5, 0.6) is 5.75 Å². The van der Waals surface area contributed by atoms with E-state index in [0.29, 0.717) is 64.0 Å². The van der Waals surface area contributed by atoms with Gasteiger partial charge in [0.2, 0.25) is 5.91 Å². The third kappa shape index (κ3) is 4.28. The minimum absolute atomic E-state index is 0.0626. The molecule has 3 aliphatic heterocycles. The van der Waals surface area contributed by atoms with E-state index in [2.05, 4.69) is 5.32 Å². The van der Waals surface area contributed by atoms with E-state index in [1.165, 1.54) is 4.90 Å². The van der Waals surface area contributed by atoms with Gasteiger partial charge in [0.05, 0.1) is 6.04 Å². The first-order chi connectivity index (χ1) is 15.4. The van der Waals surface area contributed by atoms with E-state index < -0.39 is 11.6 Å². The van der Waals surface area contributed by atoms with Crippen LogP contribution in [0, 0.1) is 0 Å². The number of benzene rings is 1. The Morgan fingerprint density at radius 1 is 1.06 bits per heavy atom. The Bertz CT molecular complexity index is 882. The number of nitrogens with zero attached hydrogens (tertiary/aromatic N) is 3. The lowest BCUT2D eigenvalue weighted by Crippen LogP contribution is -2.57. The Hall–Kier alpha value is -3.10. The number of amides is 5. The zero-order valence-electron chi connectivity index (χ0n) is 18.4. The number of para-hydroxylation sites is 1. The average molecular weight is 443 g/mol. The van der Waals surface area contributed by atoms with Gasteiger partial charge in [0.15, 0.2) is 6.61 Å². The van der Waals surface area contributed by atoms with E-state index in [1.54, 1.807) is 21.9 Å². The van der Waals surface area contributed by atoms with Gasteiger partial charge in [-0.25, -0.2) is 4.79 Å². The van der Waals surface area contributed by atoms with E-state index in [1.807, 2.05) is 25.1 Å². The fourth-order valence-electron chi connectivity index (χ4n) is 4.82. The number of imide groups is 1. The number of nitrogens with one attached hydrogen (secondary N) is 1. The van der Waals surface area contributed by atoms with Crippen LogP contribution in [0.15, 0.2) is 30.3 Å². The van der Waals surface area contributed by atoms with Crippen molar-refractivity contribution in [1.82, 2.24) is 20.0 Å². The van der Waals surface area contributed by atoms with Gasteiger partial charge in [-0.2, -0.15) is 0 Å². The zero-order valence-corrected chi connectivity index (χ0v) is 18.4. The Balaban J connectivity index is 1.37. The molecule has 0 aliphatic carbocycles. The topological polar surface area (TPSA) is 99.3 Å². The SMILES string of the molecule is CCC(=O)N1CCC2(CC1)NC(=O)N(C1CCCN(C(=O)COc3ccccc3)C1)C2=O. The molecule has 5 amide bonds. The minimum Gasteiger partial charge on any atom is -0.484 e. The van der Waals surface area contributed by atoms with E-state index in [0.717, 1.165) is 0 Å². The maximum Gasteiger partial charge on any atom is 0.325 e. The molecule has 32 heavy (non-hydrogen) atoms. The van der Waals surface area contributed by atoms with Crippen LogP contribution in [0.25, 0.3) is 0 Å². The Kier molecular flexibility index (Phi) is 6.34. The van der Waals surface area contributed by atoms with Gasteiger partial charge in [0.25, 0.3) is 11.8 Å². The molecular formula is C23H30N4O5. The fraction of sp³-hybridized carbons (Fsp3) is 0.565.